The molecule has 1 aliphatic rings. The van der Waals surface area contributed by atoms with Crippen LogP contribution >= 0.6 is 23.2 Å². The van der Waals surface area contributed by atoms with E-state index in [4.69, 9.17) is 23.2 Å². The number of amides is 1. The van der Waals surface area contributed by atoms with Crippen LogP contribution in [-0.4, -0.2) is 17.2 Å². The largest absolute Gasteiger partial charge is 0.465 e. The smallest absolute Gasteiger partial charge is 0.405 e. The Morgan fingerprint density at radius 3 is 2.54 bits per heavy atom. The molecule has 0 heterocycles. The Morgan fingerprint density at radius 2 is 1.89 bits per heavy atom. The number of fused-ring (bicyclic) bond motifs is 1. The summed E-state index contributed by atoms with van der Waals surface area (Å²) >= 11 is 12.4. The third kappa shape index (κ3) is 4.89. The first kappa shape index (κ1) is 20.8. The van der Waals surface area contributed by atoms with E-state index in [1.54, 1.807) is 0 Å². The molecule has 5 heteroatoms. The molecule has 2 N–H and O–H groups in total. The van der Waals surface area contributed by atoms with E-state index in [1.807, 2.05) is 30.3 Å². The molecule has 1 amide bonds. The fraction of sp³-hybridized carbons (Fsp3) is 0.348. The molecule has 2 atom stereocenters. The molecule has 2 unspecified atom stereocenters. The van der Waals surface area contributed by atoms with Crippen molar-refractivity contribution in [3.8, 4) is 0 Å². The van der Waals surface area contributed by atoms with Crippen molar-refractivity contribution >= 4 is 35.4 Å². The van der Waals surface area contributed by atoms with Gasteiger partial charge in [0.15, 0.2) is 0 Å². The van der Waals surface area contributed by atoms with Gasteiger partial charge in [0, 0.05) is 5.92 Å². The van der Waals surface area contributed by atoms with Crippen LogP contribution < -0.4 is 5.32 Å². The minimum atomic E-state index is -1.000. The lowest BCUT2D eigenvalue weighted by Crippen LogP contribution is -2.39. The quantitative estimate of drug-likeness (QED) is 0.563. The highest BCUT2D eigenvalue weighted by Crippen LogP contribution is 2.42. The van der Waals surface area contributed by atoms with Gasteiger partial charge < -0.3 is 10.4 Å². The third-order valence-corrected chi connectivity index (χ3v) is 5.80. The maximum atomic E-state index is 11.4. The van der Waals surface area contributed by atoms with Crippen LogP contribution in [0.15, 0.2) is 48.0 Å². The molecule has 0 spiro atoms. The van der Waals surface area contributed by atoms with Gasteiger partial charge in [-0.15, -0.1) is 0 Å². The minimum absolute atomic E-state index is 0.00992. The van der Waals surface area contributed by atoms with Crippen LogP contribution in [0.1, 0.15) is 56.2 Å². The van der Waals surface area contributed by atoms with E-state index >= 15 is 0 Å². The molecule has 3 rings (SSSR count). The van der Waals surface area contributed by atoms with Crippen LogP contribution in [-0.2, 0) is 0 Å². The van der Waals surface area contributed by atoms with Crippen LogP contribution in [0.4, 0.5) is 4.79 Å². The first-order chi connectivity index (χ1) is 13.1. The molecule has 148 valence electrons. The summed E-state index contributed by atoms with van der Waals surface area (Å²) < 4.78 is 0. The SMILES string of the molecule is CC(C)(C)CC(NC(=O)O)C1=Cc2ccccc2C(c2ccc(Cl)c(Cl)c2)C1. The molecule has 0 aliphatic heterocycles. The molecule has 0 saturated heterocycles. The van der Waals surface area contributed by atoms with Crippen molar-refractivity contribution in [1.82, 2.24) is 5.32 Å². The monoisotopic (exact) mass is 417 g/mol. The Hall–Kier alpha value is -1.97. The van der Waals surface area contributed by atoms with E-state index in [9.17, 15) is 9.90 Å². The van der Waals surface area contributed by atoms with Gasteiger partial charge in [-0.3, -0.25) is 0 Å². The zero-order chi connectivity index (χ0) is 20.5. The topological polar surface area (TPSA) is 49.3 Å². The lowest BCUT2D eigenvalue weighted by Gasteiger charge is -2.33. The summed E-state index contributed by atoms with van der Waals surface area (Å²) in [5.74, 6) is 0.101. The second kappa shape index (κ2) is 8.18. The zero-order valence-electron chi connectivity index (χ0n) is 16.3. The Morgan fingerprint density at radius 1 is 1.18 bits per heavy atom. The Balaban J connectivity index is 2.04. The second-order valence-electron chi connectivity index (χ2n) is 8.55. The van der Waals surface area contributed by atoms with Crippen molar-refractivity contribution in [3.05, 3.63) is 74.8 Å². The van der Waals surface area contributed by atoms with Crippen molar-refractivity contribution in [2.45, 2.75) is 45.6 Å². The van der Waals surface area contributed by atoms with E-state index in [1.165, 1.54) is 5.56 Å². The normalized spacial score (nSPS) is 17.5. The van der Waals surface area contributed by atoms with Crippen molar-refractivity contribution in [2.75, 3.05) is 0 Å². The highest BCUT2D eigenvalue weighted by Gasteiger charge is 2.30. The van der Waals surface area contributed by atoms with Crippen LogP contribution in [0.5, 0.6) is 0 Å². The lowest BCUT2D eigenvalue weighted by atomic mass is 9.75. The first-order valence-corrected chi connectivity index (χ1v) is 10.1. The van der Waals surface area contributed by atoms with Crippen LogP contribution in [0.25, 0.3) is 6.08 Å². The van der Waals surface area contributed by atoms with Gasteiger partial charge in [0.25, 0.3) is 0 Å². The molecular weight excluding hydrogens is 393 g/mol. The molecule has 28 heavy (non-hydrogen) atoms. The summed E-state index contributed by atoms with van der Waals surface area (Å²) in [6, 6.07) is 13.7. The predicted octanol–water partition coefficient (Wildman–Crippen LogP) is 6.98. The Kier molecular flexibility index (Phi) is 6.07. The van der Waals surface area contributed by atoms with Crippen molar-refractivity contribution in [1.29, 1.82) is 0 Å². The van der Waals surface area contributed by atoms with Gasteiger partial charge in [0.05, 0.1) is 16.1 Å². The summed E-state index contributed by atoms with van der Waals surface area (Å²) in [6.45, 7) is 6.37. The van der Waals surface area contributed by atoms with E-state index in [0.29, 0.717) is 10.0 Å². The number of halogens is 2. The molecular formula is C23H25Cl2NO2. The average Bonchev–Trinajstić information content (AvgIpc) is 2.61. The summed E-state index contributed by atoms with van der Waals surface area (Å²) in [7, 11) is 0. The van der Waals surface area contributed by atoms with Crippen molar-refractivity contribution < 1.29 is 9.90 Å². The van der Waals surface area contributed by atoms with Crippen molar-refractivity contribution in [2.24, 2.45) is 5.41 Å². The summed E-state index contributed by atoms with van der Waals surface area (Å²) in [5, 5.41) is 13.2. The number of hydrogen-bond acceptors (Lipinski definition) is 1. The molecule has 0 radical (unpaired) electrons. The summed E-state index contributed by atoms with van der Waals surface area (Å²) in [6.07, 6.45) is 2.59. The van der Waals surface area contributed by atoms with E-state index < -0.39 is 6.09 Å². The molecule has 3 nitrogen and oxygen atoms in total. The number of carboxylic acid groups (broad SMARTS) is 1. The fourth-order valence-corrected chi connectivity index (χ4v) is 4.18. The van der Waals surface area contributed by atoms with Gasteiger partial charge in [-0.2, -0.15) is 0 Å². The van der Waals surface area contributed by atoms with Gasteiger partial charge in [0.1, 0.15) is 0 Å². The number of carbonyl (C=O) groups is 1. The maximum Gasteiger partial charge on any atom is 0.405 e. The highest BCUT2D eigenvalue weighted by molar-refractivity contribution is 6.42. The maximum absolute atomic E-state index is 11.4. The van der Waals surface area contributed by atoms with Gasteiger partial charge >= 0.3 is 6.09 Å². The lowest BCUT2D eigenvalue weighted by molar-refractivity contribution is 0.187. The molecule has 0 saturated carbocycles. The van der Waals surface area contributed by atoms with E-state index in [-0.39, 0.29) is 17.4 Å². The second-order valence-corrected chi connectivity index (χ2v) is 9.36. The molecule has 1 aliphatic carbocycles. The zero-order valence-corrected chi connectivity index (χ0v) is 17.8. The molecule has 0 fully saturated rings. The van der Waals surface area contributed by atoms with Crippen molar-refractivity contribution in [3.63, 3.8) is 0 Å². The van der Waals surface area contributed by atoms with E-state index in [0.717, 1.165) is 29.5 Å². The van der Waals surface area contributed by atoms with Gasteiger partial charge in [-0.1, -0.05) is 80.4 Å². The van der Waals surface area contributed by atoms with Crippen LogP contribution in [0, 0.1) is 5.41 Å². The standard InChI is InChI=1S/C23H25Cl2NO2/c1-23(2,3)13-21(26-22(27)28)16-10-14-6-4-5-7-17(14)18(11-16)15-8-9-19(24)20(25)12-15/h4-10,12,18,21,26H,11,13H2,1-3H3,(H,27,28). The Labute approximate surface area is 176 Å². The fourth-order valence-electron chi connectivity index (χ4n) is 3.87. The first-order valence-electron chi connectivity index (χ1n) is 9.38. The molecule has 2 aromatic rings. The molecule has 2 aromatic carbocycles. The van der Waals surface area contributed by atoms with Gasteiger partial charge in [-0.25, -0.2) is 4.79 Å². The van der Waals surface area contributed by atoms with E-state index in [2.05, 4.69) is 44.3 Å². The van der Waals surface area contributed by atoms with Gasteiger partial charge in [-0.05, 0) is 52.7 Å². The molecule has 0 aromatic heterocycles. The number of hydrogen-bond donors (Lipinski definition) is 2. The van der Waals surface area contributed by atoms with Crippen LogP contribution in [0.2, 0.25) is 10.0 Å². The summed E-state index contributed by atoms with van der Waals surface area (Å²) in [4.78, 5) is 11.4. The van der Waals surface area contributed by atoms with Crippen LogP contribution in [0.3, 0.4) is 0 Å². The highest BCUT2D eigenvalue weighted by atomic mass is 35.5. The van der Waals surface area contributed by atoms with Gasteiger partial charge in [0.2, 0.25) is 0 Å². The average molecular weight is 418 g/mol. The third-order valence-electron chi connectivity index (χ3n) is 5.06. The predicted molar refractivity (Wildman–Crippen MR) is 116 cm³/mol. The Bertz CT molecular complexity index is 915. The molecule has 0 bridgehead atoms. The minimum Gasteiger partial charge on any atom is -0.465 e. The number of nitrogens with one attached hydrogen (secondary N) is 1. The summed E-state index contributed by atoms with van der Waals surface area (Å²) in [5.41, 5.74) is 4.49. The number of benzene rings is 2. The number of rotatable bonds is 4.